The predicted molar refractivity (Wildman–Crippen MR) is 104 cm³/mol. The van der Waals surface area contributed by atoms with Crippen molar-refractivity contribution in [3.63, 3.8) is 0 Å². The van der Waals surface area contributed by atoms with Gasteiger partial charge < -0.3 is 15.4 Å². The van der Waals surface area contributed by atoms with E-state index < -0.39 is 11.7 Å². The first-order valence-corrected chi connectivity index (χ1v) is 8.63. The highest BCUT2D eigenvalue weighted by Crippen LogP contribution is 2.17. The first kappa shape index (κ1) is 19.0. The largest absolute Gasteiger partial charge is 0.462 e. The van der Waals surface area contributed by atoms with Gasteiger partial charge in [-0.05, 0) is 55.5 Å². The van der Waals surface area contributed by atoms with Crippen molar-refractivity contribution in [3.05, 3.63) is 83.8 Å². The molecule has 1 heterocycles. The summed E-state index contributed by atoms with van der Waals surface area (Å²) in [6.07, 6.45) is 1.39. The van der Waals surface area contributed by atoms with Gasteiger partial charge in [0, 0.05) is 11.9 Å². The monoisotopic (exact) mass is 379 g/mol. The van der Waals surface area contributed by atoms with Crippen LogP contribution in [0.25, 0.3) is 0 Å². The second kappa shape index (κ2) is 8.77. The number of pyridine rings is 1. The van der Waals surface area contributed by atoms with Crippen LogP contribution in [-0.2, 0) is 4.74 Å². The Morgan fingerprint density at radius 2 is 1.71 bits per heavy atom. The number of carbonyl (C=O) groups excluding carboxylic acids is 2. The molecule has 28 heavy (non-hydrogen) atoms. The molecule has 0 aliphatic heterocycles. The number of anilines is 3. The van der Waals surface area contributed by atoms with Gasteiger partial charge in [-0.1, -0.05) is 12.1 Å². The number of nitrogens with zero attached hydrogens (tertiary/aromatic N) is 1. The van der Waals surface area contributed by atoms with Gasteiger partial charge in [0.15, 0.2) is 0 Å². The molecule has 0 spiro atoms. The maximum absolute atomic E-state index is 13.6. The van der Waals surface area contributed by atoms with Gasteiger partial charge in [0.25, 0.3) is 5.91 Å². The van der Waals surface area contributed by atoms with E-state index in [2.05, 4.69) is 15.6 Å². The predicted octanol–water partition coefficient (Wildman–Crippen LogP) is 4.39. The van der Waals surface area contributed by atoms with Crippen LogP contribution in [0, 0.1) is 5.82 Å². The molecule has 6 nitrogen and oxygen atoms in total. The molecular weight excluding hydrogens is 361 g/mol. The molecule has 1 aromatic heterocycles. The Hall–Kier alpha value is -3.74. The third kappa shape index (κ3) is 4.70. The molecule has 142 valence electrons. The number of para-hydroxylation sites is 1. The van der Waals surface area contributed by atoms with Crippen LogP contribution >= 0.6 is 0 Å². The van der Waals surface area contributed by atoms with Crippen LogP contribution in [0.4, 0.5) is 21.6 Å². The third-order valence-electron chi connectivity index (χ3n) is 3.82. The normalized spacial score (nSPS) is 10.2. The molecule has 0 saturated carbocycles. The number of nitrogens with one attached hydrogen (secondary N) is 2. The van der Waals surface area contributed by atoms with Crippen LogP contribution < -0.4 is 10.6 Å². The number of ether oxygens (including phenoxy) is 1. The summed E-state index contributed by atoms with van der Waals surface area (Å²) >= 11 is 0. The third-order valence-corrected chi connectivity index (χ3v) is 3.82. The average Bonchev–Trinajstić information content (AvgIpc) is 2.71. The zero-order chi connectivity index (χ0) is 19.9. The van der Waals surface area contributed by atoms with Gasteiger partial charge in [-0.2, -0.15) is 0 Å². The molecular formula is C21H18FN3O3. The van der Waals surface area contributed by atoms with Crippen molar-refractivity contribution in [2.45, 2.75) is 6.92 Å². The van der Waals surface area contributed by atoms with Gasteiger partial charge >= 0.3 is 5.97 Å². The van der Waals surface area contributed by atoms with Gasteiger partial charge in [-0.15, -0.1) is 0 Å². The fourth-order valence-corrected chi connectivity index (χ4v) is 2.41. The summed E-state index contributed by atoms with van der Waals surface area (Å²) in [5, 5.41) is 5.58. The molecule has 0 fully saturated rings. The standard InChI is InChI=1S/C21H18FN3O3/c1-2-28-21(27)14-7-10-16(11-8-14)24-19-12-9-15(13-23-19)20(26)25-18-6-4-3-5-17(18)22/h3-13H,2H2,1H3,(H,23,24)(H,25,26). The van der Waals surface area contributed by atoms with E-state index >= 15 is 0 Å². The zero-order valence-corrected chi connectivity index (χ0v) is 15.1. The fourth-order valence-electron chi connectivity index (χ4n) is 2.41. The first-order chi connectivity index (χ1) is 13.6. The van der Waals surface area contributed by atoms with E-state index in [0.29, 0.717) is 23.6 Å². The summed E-state index contributed by atoms with van der Waals surface area (Å²) in [6, 6.07) is 15.9. The summed E-state index contributed by atoms with van der Waals surface area (Å²) in [7, 11) is 0. The molecule has 0 atom stereocenters. The van der Waals surface area contributed by atoms with Gasteiger partial charge in [0.2, 0.25) is 0 Å². The lowest BCUT2D eigenvalue weighted by Gasteiger charge is -2.08. The van der Waals surface area contributed by atoms with Gasteiger partial charge in [0.05, 0.1) is 23.4 Å². The number of rotatable bonds is 6. The minimum absolute atomic E-state index is 0.108. The van der Waals surface area contributed by atoms with Crippen LogP contribution in [0.5, 0.6) is 0 Å². The number of aromatic nitrogens is 1. The van der Waals surface area contributed by atoms with Crippen molar-refractivity contribution in [3.8, 4) is 0 Å². The second-order valence-corrected chi connectivity index (χ2v) is 5.79. The smallest absolute Gasteiger partial charge is 0.338 e. The van der Waals surface area contributed by atoms with Crippen LogP contribution in [-0.4, -0.2) is 23.5 Å². The second-order valence-electron chi connectivity index (χ2n) is 5.79. The number of halogens is 1. The highest BCUT2D eigenvalue weighted by atomic mass is 19.1. The van der Waals surface area contributed by atoms with Crippen LogP contribution in [0.15, 0.2) is 66.9 Å². The molecule has 3 rings (SSSR count). The molecule has 0 saturated heterocycles. The molecule has 1 amide bonds. The lowest BCUT2D eigenvalue weighted by Crippen LogP contribution is -2.13. The summed E-state index contributed by atoms with van der Waals surface area (Å²) < 4.78 is 18.6. The summed E-state index contributed by atoms with van der Waals surface area (Å²) in [6.45, 7) is 2.07. The highest BCUT2D eigenvalue weighted by Gasteiger charge is 2.10. The summed E-state index contributed by atoms with van der Waals surface area (Å²) in [5.41, 5.74) is 1.59. The van der Waals surface area contributed by atoms with E-state index in [-0.39, 0.29) is 11.7 Å². The van der Waals surface area contributed by atoms with E-state index in [0.717, 1.165) is 5.69 Å². The Bertz CT molecular complexity index is 973. The minimum atomic E-state index is -0.506. The van der Waals surface area contributed by atoms with Crippen molar-refractivity contribution in [1.29, 1.82) is 0 Å². The maximum Gasteiger partial charge on any atom is 0.338 e. The van der Waals surface area contributed by atoms with Crippen LogP contribution in [0.2, 0.25) is 0 Å². The summed E-state index contributed by atoms with van der Waals surface area (Å²) in [4.78, 5) is 28.0. The fraction of sp³-hybridized carbons (Fsp3) is 0.0952. The number of hydrogen-bond acceptors (Lipinski definition) is 5. The Morgan fingerprint density at radius 1 is 1.00 bits per heavy atom. The van der Waals surface area contributed by atoms with Crippen molar-refractivity contribution >= 4 is 29.1 Å². The Kier molecular flexibility index (Phi) is 5.96. The molecule has 0 bridgehead atoms. The van der Waals surface area contributed by atoms with Crippen molar-refractivity contribution in [1.82, 2.24) is 4.98 Å². The zero-order valence-electron chi connectivity index (χ0n) is 15.1. The van der Waals surface area contributed by atoms with Crippen molar-refractivity contribution < 1.29 is 18.7 Å². The van der Waals surface area contributed by atoms with Gasteiger partial charge in [-0.25, -0.2) is 14.2 Å². The first-order valence-electron chi connectivity index (χ1n) is 8.63. The van der Waals surface area contributed by atoms with Crippen molar-refractivity contribution in [2.75, 3.05) is 17.2 Å². The maximum atomic E-state index is 13.6. The van der Waals surface area contributed by atoms with Crippen LogP contribution in [0.3, 0.4) is 0 Å². The molecule has 0 radical (unpaired) electrons. The number of hydrogen-bond donors (Lipinski definition) is 2. The minimum Gasteiger partial charge on any atom is -0.462 e. The molecule has 2 aromatic carbocycles. The topological polar surface area (TPSA) is 80.3 Å². The Labute approximate surface area is 161 Å². The Morgan fingerprint density at radius 3 is 2.36 bits per heavy atom. The van der Waals surface area contributed by atoms with Crippen LogP contribution in [0.1, 0.15) is 27.6 Å². The number of amides is 1. The number of esters is 1. The van der Waals surface area contributed by atoms with E-state index in [9.17, 15) is 14.0 Å². The average molecular weight is 379 g/mol. The van der Waals surface area contributed by atoms with E-state index in [1.54, 1.807) is 55.5 Å². The van der Waals surface area contributed by atoms with Crippen molar-refractivity contribution in [2.24, 2.45) is 0 Å². The highest BCUT2D eigenvalue weighted by molar-refractivity contribution is 6.04. The quantitative estimate of drug-likeness (QED) is 0.621. The molecule has 2 N–H and O–H groups in total. The summed E-state index contributed by atoms with van der Waals surface area (Å²) in [5.74, 6) is -0.819. The lowest BCUT2D eigenvalue weighted by atomic mass is 10.2. The lowest BCUT2D eigenvalue weighted by molar-refractivity contribution is 0.0526. The molecule has 0 unspecified atom stereocenters. The van der Waals surface area contributed by atoms with Gasteiger partial charge in [-0.3, -0.25) is 4.79 Å². The molecule has 0 aliphatic carbocycles. The molecule has 3 aromatic rings. The molecule has 0 aliphatic rings. The number of benzene rings is 2. The van der Waals surface area contributed by atoms with Gasteiger partial charge in [0.1, 0.15) is 11.6 Å². The molecule has 7 heteroatoms. The van der Waals surface area contributed by atoms with E-state index in [1.165, 1.54) is 18.3 Å². The van der Waals surface area contributed by atoms with E-state index in [1.807, 2.05) is 0 Å². The Balaban J connectivity index is 1.63. The van der Waals surface area contributed by atoms with E-state index in [4.69, 9.17) is 4.74 Å². The number of carbonyl (C=O) groups is 2. The SMILES string of the molecule is CCOC(=O)c1ccc(Nc2ccc(C(=O)Nc3ccccc3F)cn2)cc1.